The average Bonchev–Trinajstić information content (AvgIpc) is 2.71. The third-order valence-electron chi connectivity index (χ3n) is 3.18. The van der Waals surface area contributed by atoms with Crippen LogP contribution >= 0.6 is 15.9 Å². The Labute approximate surface area is 136 Å². The maximum Gasteiger partial charge on any atom is 0.573 e. The van der Waals surface area contributed by atoms with Gasteiger partial charge in [0.05, 0.1) is 16.8 Å². The standard InChI is InChI=1S/C15H7BrF3NO3/c16-8-5-6-11(12(7-8)23-15(17,18)19)20-13(21)9-3-1-2-4-10(9)14(20)22/h1-7H. The van der Waals surface area contributed by atoms with Crippen LogP contribution in [0.3, 0.4) is 0 Å². The number of hydrogen-bond donors (Lipinski definition) is 0. The Morgan fingerprint density at radius 1 is 0.957 bits per heavy atom. The lowest BCUT2D eigenvalue weighted by atomic mass is 10.1. The van der Waals surface area contributed by atoms with Gasteiger partial charge in [-0.2, -0.15) is 0 Å². The largest absolute Gasteiger partial charge is 0.573 e. The first-order valence-corrected chi connectivity index (χ1v) is 7.10. The van der Waals surface area contributed by atoms with Crippen molar-refractivity contribution in [3.8, 4) is 5.75 Å². The number of alkyl halides is 3. The summed E-state index contributed by atoms with van der Waals surface area (Å²) in [5.74, 6) is -2.03. The van der Waals surface area contributed by atoms with Crippen LogP contribution in [0.2, 0.25) is 0 Å². The molecule has 23 heavy (non-hydrogen) atoms. The third-order valence-corrected chi connectivity index (χ3v) is 3.68. The molecule has 0 unspecified atom stereocenters. The molecule has 1 heterocycles. The number of amides is 2. The summed E-state index contributed by atoms with van der Waals surface area (Å²) in [6.07, 6.45) is -4.95. The zero-order chi connectivity index (χ0) is 16.8. The SMILES string of the molecule is O=C1c2ccccc2C(=O)N1c1ccc(Br)cc1OC(F)(F)F. The Morgan fingerprint density at radius 2 is 1.52 bits per heavy atom. The number of fused-ring (bicyclic) bond motifs is 1. The number of benzene rings is 2. The molecule has 0 saturated heterocycles. The van der Waals surface area contributed by atoms with Crippen LogP contribution in [-0.4, -0.2) is 18.2 Å². The zero-order valence-electron chi connectivity index (χ0n) is 11.2. The van der Waals surface area contributed by atoms with E-state index in [4.69, 9.17) is 0 Å². The minimum Gasteiger partial charge on any atom is -0.403 e. The summed E-state index contributed by atoms with van der Waals surface area (Å²) in [4.78, 5) is 25.4. The van der Waals surface area contributed by atoms with Crippen molar-refractivity contribution >= 4 is 33.4 Å². The summed E-state index contributed by atoms with van der Waals surface area (Å²) in [6.45, 7) is 0. The quantitative estimate of drug-likeness (QED) is 0.729. The minimum atomic E-state index is -4.95. The van der Waals surface area contributed by atoms with E-state index in [1.807, 2.05) is 0 Å². The maximum atomic E-state index is 12.6. The van der Waals surface area contributed by atoms with Crippen molar-refractivity contribution in [2.45, 2.75) is 6.36 Å². The molecule has 0 aliphatic carbocycles. The predicted molar refractivity (Wildman–Crippen MR) is 78.4 cm³/mol. The van der Waals surface area contributed by atoms with Gasteiger partial charge in [0.1, 0.15) is 0 Å². The second kappa shape index (κ2) is 5.38. The summed E-state index contributed by atoms with van der Waals surface area (Å²) in [5, 5.41) is 0. The number of hydrogen-bond acceptors (Lipinski definition) is 3. The van der Waals surface area contributed by atoms with E-state index in [0.29, 0.717) is 9.37 Å². The number of carbonyl (C=O) groups excluding carboxylic acids is 2. The molecule has 0 N–H and O–H groups in total. The Kier molecular flexibility index (Phi) is 3.63. The highest BCUT2D eigenvalue weighted by molar-refractivity contribution is 9.10. The van der Waals surface area contributed by atoms with Crippen molar-refractivity contribution in [3.63, 3.8) is 0 Å². The first-order chi connectivity index (χ1) is 10.8. The van der Waals surface area contributed by atoms with Gasteiger partial charge < -0.3 is 4.74 Å². The average molecular weight is 386 g/mol. The number of rotatable bonds is 2. The lowest BCUT2D eigenvalue weighted by Gasteiger charge is -2.19. The molecule has 2 aromatic rings. The molecule has 0 saturated carbocycles. The maximum absolute atomic E-state index is 12.6. The van der Waals surface area contributed by atoms with E-state index in [0.717, 1.165) is 6.07 Å². The second-order valence-electron chi connectivity index (χ2n) is 4.65. The fourth-order valence-electron chi connectivity index (χ4n) is 2.29. The van der Waals surface area contributed by atoms with Crippen molar-refractivity contribution in [2.24, 2.45) is 0 Å². The topological polar surface area (TPSA) is 46.6 Å². The van der Waals surface area contributed by atoms with Gasteiger partial charge in [0.15, 0.2) is 5.75 Å². The summed E-state index contributed by atoms with van der Waals surface area (Å²) in [5.41, 5.74) is 0.00785. The molecule has 2 aromatic carbocycles. The van der Waals surface area contributed by atoms with Crippen LogP contribution < -0.4 is 9.64 Å². The minimum absolute atomic E-state index is 0.137. The van der Waals surface area contributed by atoms with Crippen LogP contribution in [0.4, 0.5) is 18.9 Å². The van der Waals surface area contributed by atoms with Gasteiger partial charge in [-0.15, -0.1) is 13.2 Å². The molecule has 0 bridgehead atoms. The van der Waals surface area contributed by atoms with Crippen molar-refractivity contribution < 1.29 is 27.5 Å². The van der Waals surface area contributed by atoms with E-state index >= 15 is 0 Å². The van der Waals surface area contributed by atoms with E-state index in [1.54, 1.807) is 12.1 Å². The fraction of sp³-hybridized carbons (Fsp3) is 0.0667. The highest BCUT2D eigenvalue weighted by atomic mass is 79.9. The molecule has 4 nitrogen and oxygen atoms in total. The van der Waals surface area contributed by atoms with Gasteiger partial charge in [-0.05, 0) is 30.3 Å². The highest BCUT2D eigenvalue weighted by Crippen LogP contribution is 2.38. The monoisotopic (exact) mass is 385 g/mol. The Balaban J connectivity index is 2.10. The molecule has 0 atom stereocenters. The summed E-state index contributed by atoms with van der Waals surface area (Å²) in [7, 11) is 0. The first kappa shape index (κ1) is 15.5. The van der Waals surface area contributed by atoms with Gasteiger partial charge >= 0.3 is 6.36 Å². The molecular formula is C15H7BrF3NO3. The number of carbonyl (C=O) groups is 2. The van der Waals surface area contributed by atoms with Crippen LogP contribution in [0, 0.1) is 0 Å². The van der Waals surface area contributed by atoms with Crippen LogP contribution in [0.1, 0.15) is 20.7 Å². The molecule has 1 aliphatic heterocycles. The molecule has 3 rings (SSSR count). The van der Waals surface area contributed by atoms with E-state index in [2.05, 4.69) is 20.7 Å². The van der Waals surface area contributed by atoms with Crippen molar-refractivity contribution in [3.05, 3.63) is 58.1 Å². The van der Waals surface area contributed by atoms with Crippen molar-refractivity contribution in [1.29, 1.82) is 0 Å². The molecular weight excluding hydrogens is 379 g/mol. The van der Waals surface area contributed by atoms with Gasteiger partial charge in [-0.3, -0.25) is 9.59 Å². The van der Waals surface area contributed by atoms with E-state index < -0.39 is 23.9 Å². The normalized spacial score (nSPS) is 14.2. The summed E-state index contributed by atoms with van der Waals surface area (Å²) in [6, 6.07) is 9.71. The summed E-state index contributed by atoms with van der Waals surface area (Å²) >= 11 is 3.04. The number of anilines is 1. The molecule has 1 aliphatic rings. The Bertz CT molecular complexity index is 785. The summed E-state index contributed by atoms with van der Waals surface area (Å²) < 4.78 is 42.0. The number of ether oxygens (including phenoxy) is 1. The molecule has 0 radical (unpaired) electrons. The predicted octanol–water partition coefficient (Wildman–Crippen LogP) is 4.15. The van der Waals surface area contributed by atoms with E-state index in [9.17, 15) is 22.8 Å². The molecule has 8 heteroatoms. The molecule has 0 spiro atoms. The molecule has 0 fully saturated rings. The Morgan fingerprint density at radius 3 is 2.04 bits per heavy atom. The Hall–Kier alpha value is -2.35. The lowest BCUT2D eigenvalue weighted by molar-refractivity contribution is -0.274. The molecule has 2 amide bonds. The first-order valence-electron chi connectivity index (χ1n) is 6.31. The zero-order valence-corrected chi connectivity index (χ0v) is 12.8. The van der Waals surface area contributed by atoms with Crippen LogP contribution in [-0.2, 0) is 0 Å². The van der Waals surface area contributed by atoms with Crippen LogP contribution in [0.5, 0.6) is 5.75 Å². The van der Waals surface area contributed by atoms with Crippen molar-refractivity contribution in [1.82, 2.24) is 0 Å². The van der Waals surface area contributed by atoms with Crippen molar-refractivity contribution in [2.75, 3.05) is 4.90 Å². The van der Waals surface area contributed by atoms with Gasteiger partial charge in [-0.1, -0.05) is 28.1 Å². The van der Waals surface area contributed by atoms with Gasteiger partial charge in [0.25, 0.3) is 11.8 Å². The smallest absolute Gasteiger partial charge is 0.403 e. The van der Waals surface area contributed by atoms with Gasteiger partial charge in [-0.25, -0.2) is 4.90 Å². The number of nitrogens with zero attached hydrogens (tertiary/aromatic N) is 1. The number of imide groups is 1. The fourth-order valence-corrected chi connectivity index (χ4v) is 2.63. The third kappa shape index (κ3) is 2.81. The second-order valence-corrected chi connectivity index (χ2v) is 5.57. The van der Waals surface area contributed by atoms with Crippen LogP contribution in [0.15, 0.2) is 46.9 Å². The van der Waals surface area contributed by atoms with E-state index in [1.165, 1.54) is 24.3 Å². The molecule has 118 valence electrons. The number of halogens is 4. The highest BCUT2D eigenvalue weighted by Gasteiger charge is 2.40. The molecule has 0 aromatic heterocycles. The van der Waals surface area contributed by atoms with E-state index in [-0.39, 0.29) is 16.8 Å². The van der Waals surface area contributed by atoms with Gasteiger partial charge in [0.2, 0.25) is 0 Å². The van der Waals surface area contributed by atoms with Crippen LogP contribution in [0.25, 0.3) is 0 Å². The lowest BCUT2D eigenvalue weighted by Crippen LogP contribution is -2.30. The van der Waals surface area contributed by atoms with Gasteiger partial charge in [0, 0.05) is 4.47 Å².